The lowest BCUT2D eigenvalue weighted by Gasteiger charge is -2.26. The van der Waals surface area contributed by atoms with E-state index in [0.29, 0.717) is 5.69 Å². The molecule has 1 N–H and O–H groups in total. The molecular weight excluding hydrogens is 544 g/mol. The van der Waals surface area contributed by atoms with Gasteiger partial charge in [0.25, 0.3) is 10.0 Å². The number of hydrogen-bond acceptors (Lipinski definition) is 7. The molecule has 0 bridgehead atoms. The lowest BCUT2D eigenvalue weighted by atomic mass is 10.1. The number of ether oxygens (including phenoxy) is 1. The van der Waals surface area contributed by atoms with E-state index in [1.807, 2.05) is 24.3 Å². The third-order valence-electron chi connectivity index (χ3n) is 6.01. The lowest BCUT2D eigenvalue weighted by Crippen LogP contribution is -2.40. The molecule has 0 radical (unpaired) electrons. The number of carboxylic acids is 1. The molecule has 0 fully saturated rings. The van der Waals surface area contributed by atoms with Crippen molar-refractivity contribution in [2.24, 2.45) is 0 Å². The Morgan fingerprint density at radius 1 is 0.927 bits per heavy atom. The fourth-order valence-electron chi connectivity index (χ4n) is 4.03. The van der Waals surface area contributed by atoms with Gasteiger partial charge in [-0.25, -0.2) is 23.2 Å². The number of anilines is 1. The van der Waals surface area contributed by atoms with Crippen LogP contribution in [0.2, 0.25) is 0 Å². The van der Waals surface area contributed by atoms with Gasteiger partial charge in [0.1, 0.15) is 18.0 Å². The molecule has 3 rings (SSSR count). The van der Waals surface area contributed by atoms with Gasteiger partial charge in [0.05, 0.1) is 12.2 Å². The Hall–Kier alpha value is -3.83. The molecule has 0 unspecified atom stereocenters. The van der Waals surface area contributed by atoms with Gasteiger partial charge in [0.2, 0.25) is 0 Å². The molecule has 0 saturated heterocycles. The highest BCUT2D eigenvalue weighted by Gasteiger charge is 2.29. The molecule has 0 saturated carbocycles. The van der Waals surface area contributed by atoms with E-state index in [-0.39, 0.29) is 23.9 Å². The number of aliphatic carboxylic acids is 1. The second kappa shape index (κ2) is 14.2. The summed E-state index contributed by atoms with van der Waals surface area (Å²) >= 11 is 0. The van der Waals surface area contributed by atoms with Gasteiger partial charge >= 0.3 is 12.1 Å². The summed E-state index contributed by atoms with van der Waals surface area (Å²) in [6.07, 6.45) is 4.90. The van der Waals surface area contributed by atoms with Crippen molar-refractivity contribution in [2.45, 2.75) is 77.1 Å². The van der Waals surface area contributed by atoms with Gasteiger partial charge in [-0.15, -0.1) is 0 Å². The molecule has 2 aromatic heterocycles. The van der Waals surface area contributed by atoms with Crippen LogP contribution in [0.4, 0.5) is 10.6 Å². The van der Waals surface area contributed by atoms with E-state index < -0.39 is 34.2 Å². The SMILES string of the molecule is CCCCCc1ccc(CN(Cc2cccc(N(CC(=O)O)C(=O)OC(C)(C)C)n2)S(=O)(=O)c2ccccn2)cc1. The Labute approximate surface area is 242 Å². The van der Waals surface area contributed by atoms with Crippen molar-refractivity contribution in [3.05, 3.63) is 83.7 Å². The number of nitrogens with zero attached hydrogens (tertiary/aromatic N) is 4. The number of carbonyl (C=O) groups excluding carboxylic acids is 1. The number of aryl methyl sites for hydroxylation is 1. The number of unbranched alkanes of at least 4 members (excludes halogenated alkanes) is 2. The monoisotopic (exact) mass is 582 g/mol. The van der Waals surface area contributed by atoms with Crippen LogP contribution in [0.1, 0.15) is 63.8 Å². The number of benzene rings is 1. The van der Waals surface area contributed by atoms with E-state index in [1.54, 1.807) is 45.0 Å². The third-order valence-corrected chi connectivity index (χ3v) is 7.72. The number of carbonyl (C=O) groups is 2. The molecule has 2 heterocycles. The summed E-state index contributed by atoms with van der Waals surface area (Å²) in [5, 5.41) is 9.31. The van der Waals surface area contributed by atoms with E-state index in [1.165, 1.54) is 28.2 Å². The molecule has 41 heavy (non-hydrogen) atoms. The summed E-state index contributed by atoms with van der Waals surface area (Å²) in [5.41, 5.74) is 1.44. The minimum absolute atomic E-state index is 0.0331. The van der Waals surface area contributed by atoms with Gasteiger partial charge < -0.3 is 9.84 Å². The number of amides is 1. The Balaban J connectivity index is 1.93. The normalized spacial score (nSPS) is 11.8. The van der Waals surface area contributed by atoms with Gasteiger partial charge in [-0.2, -0.15) is 4.31 Å². The van der Waals surface area contributed by atoms with Gasteiger partial charge in [-0.05, 0) is 69.0 Å². The maximum absolute atomic E-state index is 13.7. The number of rotatable bonds is 13. The van der Waals surface area contributed by atoms with Crippen molar-refractivity contribution >= 4 is 27.9 Å². The van der Waals surface area contributed by atoms with E-state index in [0.717, 1.165) is 36.1 Å². The van der Waals surface area contributed by atoms with Crippen LogP contribution >= 0.6 is 0 Å². The molecule has 0 spiro atoms. The van der Waals surface area contributed by atoms with Crippen LogP contribution in [0, 0.1) is 0 Å². The molecule has 1 amide bonds. The first kappa shape index (κ1) is 31.7. The molecule has 0 aliphatic heterocycles. The topological polar surface area (TPSA) is 130 Å². The summed E-state index contributed by atoms with van der Waals surface area (Å²) in [6.45, 7) is 6.42. The zero-order chi connectivity index (χ0) is 30.0. The first-order chi connectivity index (χ1) is 19.4. The lowest BCUT2D eigenvalue weighted by molar-refractivity contribution is -0.135. The molecule has 0 atom stereocenters. The van der Waals surface area contributed by atoms with Gasteiger partial charge in [0, 0.05) is 12.7 Å². The summed E-state index contributed by atoms with van der Waals surface area (Å²) in [5.74, 6) is -1.22. The second-order valence-corrected chi connectivity index (χ2v) is 12.5. The highest BCUT2D eigenvalue weighted by atomic mass is 32.2. The number of hydrogen-bond donors (Lipinski definition) is 1. The molecule has 1 aromatic carbocycles. The Morgan fingerprint density at radius 3 is 2.24 bits per heavy atom. The Morgan fingerprint density at radius 2 is 1.63 bits per heavy atom. The zero-order valence-corrected chi connectivity index (χ0v) is 24.8. The van der Waals surface area contributed by atoms with Crippen molar-refractivity contribution in [1.82, 2.24) is 14.3 Å². The minimum Gasteiger partial charge on any atom is -0.480 e. The number of aromatic nitrogens is 2. The van der Waals surface area contributed by atoms with Crippen LogP contribution in [-0.4, -0.2) is 52.0 Å². The molecule has 220 valence electrons. The summed E-state index contributed by atoms with van der Waals surface area (Å²) in [4.78, 5) is 33.8. The van der Waals surface area contributed by atoms with Gasteiger partial charge in [0.15, 0.2) is 5.03 Å². The van der Waals surface area contributed by atoms with Crippen molar-refractivity contribution in [1.29, 1.82) is 0 Å². The van der Waals surface area contributed by atoms with Crippen molar-refractivity contribution in [3.8, 4) is 0 Å². The standard InChI is InChI=1S/C30H38N4O6S/c1-5-6-7-11-23-15-17-24(18-16-23)20-33(41(38,39)27-14-8-9-19-31-27)21-25-12-10-13-26(32-25)34(22-28(35)36)29(37)40-30(2,3)4/h8-10,12-19H,5-7,11,20-22H2,1-4H3,(H,35,36). The largest absolute Gasteiger partial charge is 0.480 e. The zero-order valence-electron chi connectivity index (χ0n) is 24.0. The number of sulfonamides is 1. The van der Waals surface area contributed by atoms with Crippen LogP contribution in [0.5, 0.6) is 0 Å². The van der Waals surface area contributed by atoms with E-state index in [4.69, 9.17) is 4.74 Å². The summed E-state index contributed by atoms with van der Waals surface area (Å²) in [7, 11) is -4.03. The Bertz CT molecular complexity index is 1410. The number of carboxylic acid groups (broad SMARTS) is 1. The van der Waals surface area contributed by atoms with Gasteiger partial charge in [-0.3, -0.25) is 9.69 Å². The fraction of sp³-hybridized carbons (Fsp3) is 0.400. The van der Waals surface area contributed by atoms with Crippen molar-refractivity contribution in [3.63, 3.8) is 0 Å². The highest BCUT2D eigenvalue weighted by Crippen LogP contribution is 2.22. The van der Waals surface area contributed by atoms with Crippen LogP contribution in [0.25, 0.3) is 0 Å². The maximum atomic E-state index is 13.7. The number of pyridine rings is 2. The molecule has 3 aromatic rings. The van der Waals surface area contributed by atoms with Crippen LogP contribution in [0.15, 0.2) is 71.9 Å². The first-order valence-electron chi connectivity index (χ1n) is 13.6. The van der Waals surface area contributed by atoms with Gasteiger partial charge in [-0.1, -0.05) is 56.2 Å². The third kappa shape index (κ3) is 9.65. The van der Waals surface area contributed by atoms with Crippen LogP contribution in [-0.2, 0) is 39.1 Å². The smallest absolute Gasteiger partial charge is 0.416 e. The maximum Gasteiger partial charge on any atom is 0.416 e. The van der Waals surface area contributed by atoms with Crippen LogP contribution in [0.3, 0.4) is 0 Å². The van der Waals surface area contributed by atoms with E-state index >= 15 is 0 Å². The molecule has 10 nitrogen and oxygen atoms in total. The van der Waals surface area contributed by atoms with Crippen molar-refractivity contribution < 1.29 is 27.9 Å². The van der Waals surface area contributed by atoms with E-state index in [2.05, 4.69) is 16.9 Å². The molecule has 0 aliphatic carbocycles. The highest BCUT2D eigenvalue weighted by molar-refractivity contribution is 7.89. The molecule has 11 heteroatoms. The van der Waals surface area contributed by atoms with E-state index in [9.17, 15) is 23.1 Å². The molecular formula is C30H38N4O6S. The quantitative estimate of drug-likeness (QED) is 0.264. The first-order valence-corrected chi connectivity index (χ1v) is 15.0. The average Bonchev–Trinajstić information content (AvgIpc) is 2.92. The van der Waals surface area contributed by atoms with Crippen LogP contribution < -0.4 is 4.90 Å². The minimum atomic E-state index is -4.03. The predicted molar refractivity (Wildman–Crippen MR) is 156 cm³/mol. The Kier molecular flexibility index (Phi) is 11.0. The average molecular weight is 583 g/mol. The van der Waals surface area contributed by atoms with Crippen molar-refractivity contribution in [2.75, 3.05) is 11.4 Å². The summed E-state index contributed by atoms with van der Waals surface area (Å²) < 4.78 is 34.0. The molecule has 0 aliphatic rings. The second-order valence-electron chi connectivity index (χ2n) is 10.7. The predicted octanol–water partition coefficient (Wildman–Crippen LogP) is 5.43. The summed E-state index contributed by atoms with van der Waals surface area (Å²) in [6, 6.07) is 17.2. The fourth-order valence-corrected chi connectivity index (χ4v) is 5.36.